The van der Waals surface area contributed by atoms with Crippen molar-refractivity contribution < 1.29 is 22.8 Å². The molecular weight excluding hydrogens is 514 g/mol. The van der Waals surface area contributed by atoms with Gasteiger partial charge in [-0.25, -0.2) is 9.67 Å². The molecule has 34 heavy (non-hydrogen) atoms. The van der Waals surface area contributed by atoms with E-state index in [0.29, 0.717) is 22.1 Å². The highest BCUT2D eigenvalue weighted by Gasteiger charge is 2.36. The Hall–Kier alpha value is -2.76. The van der Waals surface area contributed by atoms with E-state index < -0.39 is 29.4 Å². The van der Waals surface area contributed by atoms with Crippen LogP contribution in [0.3, 0.4) is 0 Å². The monoisotopic (exact) mass is 531 g/mol. The average Bonchev–Trinajstić information content (AvgIpc) is 3.21. The fourth-order valence-electron chi connectivity index (χ4n) is 2.92. The summed E-state index contributed by atoms with van der Waals surface area (Å²) in [6, 6.07) is 6.35. The van der Waals surface area contributed by atoms with Gasteiger partial charge in [0.2, 0.25) is 0 Å². The summed E-state index contributed by atoms with van der Waals surface area (Å²) in [6.45, 7) is 3.55. The first-order valence-electron chi connectivity index (χ1n) is 9.84. The lowest BCUT2D eigenvalue weighted by Gasteiger charge is -2.15. The number of alkyl halides is 3. The number of carbonyl (C=O) groups excluding carboxylic acids is 2. The summed E-state index contributed by atoms with van der Waals surface area (Å²) in [7, 11) is 0. The van der Waals surface area contributed by atoms with Crippen molar-refractivity contribution in [1.29, 1.82) is 0 Å². The lowest BCUT2D eigenvalue weighted by atomic mass is 10.1. The van der Waals surface area contributed by atoms with Crippen LogP contribution in [-0.2, 0) is 6.18 Å². The molecular formula is C21H18Cl2F3N5O2S. The number of hydrogen-bond acceptors (Lipinski definition) is 5. The minimum Gasteiger partial charge on any atom is -0.320 e. The second-order valence-corrected chi connectivity index (χ2v) is 8.76. The summed E-state index contributed by atoms with van der Waals surface area (Å²) in [6.07, 6.45) is -2.69. The van der Waals surface area contributed by atoms with Crippen LogP contribution in [-0.4, -0.2) is 32.3 Å². The molecule has 0 radical (unpaired) electrons. The van der Waals surface area contributed by atoms with Gasteiger partial charge in [-0.2, -0.15) is 18.3 Å². The number of aromatic nitrogens is 3. The molecule has 0 bridgehead atoms. The minimum atomic E-state index is -4.82. The number of nitrogens with one attached hydrogen (secondary N) is 2. The molecule has 2 amide bonds. The number of pyridine rings is 1. The Bertz CT molecular complexity index is 1230. The molecule has 0 saturated carbocycles. The van der Waals surface area contributed by atoms with Crippen LogP contribution in [0.25, 0.3) is 5.82 Å². The van der Waals surface area contributed by atoms with Crippen LogP contribution >= 0.6 is 35.1 Å². The highest BCUT2D eigenvalue weighted by atomic mass is 35.5. The normalized spacial score (nSPS) is 11.4. The molecule has 0 spiro atoms. The molecule has 3 aromatic rings. The highest BCUT2D eigenvalue weighted by molar-refractivity contribution is 7.97. The van der Waals surface area contributed by atoms with E-state index in [9.17, 15) is 22.8 Å². The fourth-order valence-corrected chi connectivity index (χ4v) is 3.94. The first-order chi connectivity index (χ1) is 16.0. The molecule has 180 valence electrons. The van der Waals surface area contributed by atoms with Crippen molar-refractivity contribution in [2.75, 3.05) is 11.1 Å². The molecule has 3 rings (SSSR count). The first kappa shape index (κ1) is 25.9. The minimum absolute atomic E-state index is 0.0101. The number of rotatable bonds is 7. The molecule has 0 aliphatic heterocycles. The number of nitrogens with zero attached hydrogens (tertiary/aromatic N) is 3. The summed E-state index contributed by atoms with van der Waals surface area (Å²) in [5.41, 5.74) is -1.20. The van der Waals surface area contributed by atoms with Gasteiger partial charge in [-0.1, -0.05) is 42.1 Å². The van der Waals surface area contributed by atoms with Crippen molar-refractivity contribution in [3.05, 3.63) is 69.1 Å². The predicted molar refractivity (Wildman–Crippen MR) is 126 cm³/mol. The van der Waals surface area contributed by atoms with Gasteiger partial charge in [-0.05, 0) is 43.2 Å². The van der Waals surface area contributed by atoms with Crippen LogP contribution in [0.2, 0.25) is 10.0 Å². The molecule has 0 unspecified atom stereocenters. The quantitative estimate of drug-likeness (QED) is 0.291. The lowest BCUT2D eigenvalue weighted by Crippen LogP contribution is -2.23. The molecule has 0 aliphatic carbocycles. The number of benzene rings is 1. The molecule has 2 aromatic heterocycles. The predicted octanol–water partition coefficient (Wildman–Crippen LogP) is 5.94. The van der Waals surface area contributed by atoms with E-state index in [2.05, 4.69) is 20.1 Å². The maximum atomic E-state index is 13.4. The number of anilines is 1. The number of hydrogen-bond donors (Lipinski definition) is 2. The maximum Gasteiger partial charge on any atom is 0.435 e. The SMILES string of the molecule is CCCSNC(=O)c1cc(Cl)cc(C)c1NC(=O)c1cc(C(F)(F)F)nn1-c1ncccc1Cl. The van der Waals surface area contributed by atoms with E-state index in [1.165, 1.54) is 42.4 Å². The van der Waals surface area contributed by atoms with Crippen LogP contribution in [0, 0.1) is 6.92 Å². The third-order valence-corrected chi connectivity index (χ3v) is 5.88. The van der Waals surface area contributed by atoms with Gasteiger partial charge in [0.1, 0.15) is 5.69 Å². The van der Waals surface area contributed by atoms with Crippen LogP contribution in [0.15, 0.2) is 36.5 Å². The second kappa shape index (κ2) is 10.7. The van der Waals surface area contributed by atoms with E-state index >= 15 is 0 Å². The van der Waals surface area contributed by atoms with Crippen LogP contribution in [0.1, 0.15) is 45.4 Å². The smallest absolute Gasteiger partial charge is 0.320 e. The molecule has 0 atom stereocenters. The molecule has 13 heteroatoms. The molecule has 7 nitrogen and oxygen atoms in total. The standard InChI is InChI=1S/C21H18Cl2F3N5O2S/c1-3-7-34-30-19(32)13-9-12(22)8-11(2)17(13)28-20(33)15-10-16(21(24,25)26)29-31(15)18-14(23)5-4-6-27-18/h4-6,8-10H,3,7H2,1-2H3,(H,28,33)(H,30,32). The number of carbonyl (C=O) groups is 2. The van der Waals surface area contributed by atoms with E-state index in [1.807, 2.05) is 6.92 Å². The number of halogens is 5. The largest absolute Gasteiger partial charge is 0.435 e. The summed E-state index contributed by atoms with van der Waals surface area (Å²) in [4.78, 5) is 29.8. The summed E-state index contributed by atoms with van der Waals surface area (Å²) in [5, 5.41) is 6.27. The molecule has 0 aliphatic rings. The third-order valence-electron chi connectivity index (χ3n) is 4.43. The Labute approximate surface area is 207 Å². The van der Waals surface area contributed by atoms with Gasteiger partial charge in [0.05, 0.1) is 16.3 Å². The molecule has 2 N–H and O–H groups in total. The molecule has 0 saturated heterocycles. The van der Waals surface area contributed by atoms with Gasteiger partial charge in [-0.3, -0.25) is 14.3 Å². The van der Waals surface area contributed by atoms with E-state index in [1.54, 1.807) is 6.92 Å². The zero-order valence-corrected chi connectivity index (χ0v) is 20.2. The van der Waals surface area contributed by atoms with E-state index in [-0.39, 0.29) is 27.1 Å². The maximum absolute atomic E-state index is 13.4. The summed E-state index contributed by atoms with van der Waals surface area (Å²) in [5.74, 6) is -0.967. The first-order valence-corrected chi connectivity index (χ1v) is 11.6. The van der Waals surface area contributed by atoms with Crippen molar-refractivity contribution in [3.63, 3.8) is 0 Å². The van der Waals surface area contributed by atoms with Crippen molar-refractivity contribution in [2.45, 2.75) is 26.4 Å². The molecule has 1 aromatic carbocycles. The zero-order chi connectivity index (χ0) is 25.0. The van der Waals surface area contributed by atoms with Gasteiger partial charge in [-0.15, -0.1) is 0 Å². The van der Waals surface area contributed by atoms with Crippen molar-refractivity contribution in [3.8, 4) is 5.82 Å². The van der Waals surface area contributed by atoms with Gasteiger partial charge < -0.3 is 5.32 Å². The van der Waals surface area contributed by atoms with Gasteiger partial charge in [0.15, 0.2) is 11.5 Å². The molecule has 0 fully saturated rings. The Morgan fingerprint density at radius 1 is 1.18 bits per heavy atom. The van der Waals surface area contributed by atoms with Crippen LogP contribution in [0.5, 0.6) is 0 Å². The highest BCUT2D eigenvalue weighted by Crippen LogP contribution is 2.32. The lowest BCUT2D eigenvalue weighted by molar-refractivity contribution is -0.141. The van der Waals surface area contributed by atoms with Gasteiger partial charge in [0.25, 0.3) is 11.8 Å². The Morgan fingerprint density at radius 2 is 1.91 bits per heavy atom. The van der Waals surface area contributed by atoms with E-state index in [4.69, 9.17) is 23.2 Å². The van der Waals surface area contributed by atoms with E-state index in [0.717, 1.165) is 6.42 Å². The Balaban J connectivity index is 2.04. The van der Waals surface area contributed by atoms with Gasteiger partial charge in [0, 0.05) is 23.0 Å². The third kappa shape index (κ3) is 5.83. The van der Waals surface area contributed by atoms with Crippen molar-refractivity contribution >= 4 is 52.7 Å². The fraction of sp³-hybridized carbons (Fsp3) is 0.238. The van der Waals surface area contributed by atoms with Crippen molar-refractivity contribution in [1.82, 2.24) is 19.5 Å². The summed E-state index contributed by atoms with van der Waals surface area (Å²) < 4.78 is 43.5. The van der Waals surface area contributed by atoms with Crippen molar-refractivity contribution in [2.24, 2.45) is 0 Å². The second-order valence-electron chi connectivity index (χ2n) is 7.01. The molecule has 2 heterocycles. The number of aryl methyl sites for hydroxylation is 1. The zero-order valence-electron chi connectivity index (χ0n) is 17.8. The summed E-state index contributed by atoms with van der Waals surface area (Å²) >= 11 is 13.4. The Kier molecular flexibility index (Phi) is 8.11. The van der Waals surface area contributed by atoms with Gasteiger partial charge >= 0.3 is 6.18 Å². The number of amides is 2. The topological polar surface area (TPSA) is 88.9 Å². The Morgan fingerprint density at radius 3 is 2.56 bits per heavy atom. The van der Waals surface area contributed by atoms with Crippen LogP contribution < -0.4 is 10.0 Å². The van der Waals surface area contributed by atoms with Crippen LogP contribution in [0.4, 0.5) is 18.9 Å². The average molecular weight is 532 g/mol.